The van der Waals surface area contributed by atoms with Gasteiger partial charge >= 0.3 is 0 Å². The number of fused-ring (bicyclic) bond motifs is 11. The quantitative estimate of drug-likeness (QED) is 0.203. The molecule has 0 radical (unpaired) electrons. The average Bonchev–Trinajstić information content (AvgIpc) is 3.62. The topological polar surface area (TPSA) is 25.8 Å². The van der Waals surface area contributed by atoms with Gasteiger partial charge in [-0.2, -0.15) is 0 Å². The van der Waals surface area contributed by atoms with Gasteiger partial charge in [-0.3, -0.25) is 0 Å². The van der Waals surface area contributed by atoms with Crippen LogP contribution < -0.4 is 0 Å². The molecule has 1 aromatic heterocycles. The molecule has 10 rings (SSSR count). The summed E-state index contributed by atoms with van der Waals surface area (Å²) in [6.07, 6.45) is 2.04. The molecule has 218 valence electrons. The minimum absolute atomic E-state index is 0.536. The lowest BCUT2D eigenvalue weighted by Gasteiger charge is -2.29. The van der Waals surface area contributed by atoms with Gasteiger partial charge in [-0.25, -0.2) is 9.97 Å². The van der Waals surface area contributed by atoms with Crippen LogP contribution in [0.5, 0.6) is 0 Å². The van der Waals surface area contributed by atoms with Gasteiger partial charge in [-0.1, -0.05) is 152 Å². The van der Waals surface area contributed by atoms with E-state index < -0.39 is 5.41 Å². The van der Waals surface area contributed by atoms with Gasteiger partial charge < -0.3 is 0 Å². The molecular weight excluding hydrogens is 569 g/mol. The fourth-order valence-electron chi connectivity index (χ4n) is 7.99. The van der Waals surface area contributed by atoms with E-state index in [4.69, 9.17) is 9.97 Å². The summed E-state index contributed by atoms with van der Waals surface area (Å²) in [5.41, 5.74) is 15.0. The number of benzene rings is 7. The van der Waals surface area contributed by atoms with Gasteiger partial charge in [-0.15, -0.1) is 0 Å². The molecule has 0 atom stereocenters. The highest BCUT2D eigenvalue weighted by Gasteiger charge is 2.53. The molecule has 0 aliphatic heterocycles. The van der Waals surface area contributed by atoms with Crippen LogP contribution in [-0.4, -0.2) is 9.97 Å². The summed E-state index contributed by atoms with van der Waals surface area (Å²) < 4.78 is 0. The second-order valence-electron chi connectivity index (χ2n) is 12.6. The van der Waals surface area contributed by atoms with Gasteiger partial charge in [0.05, 0.1) is 11.1 Å². The van der Waals surface area contributed by atoms with Crippen molar-refractivity contribution in [3.63, 3.8) is 0 Å². The Balaban J connectivity index is 1.16. The lowest BCUT2D eigenvalue weighted by Crippen LogP contribution is -2.27. The highest BCUT2D eigenvalue weighted by Crippen LogP contribution is 2.62. The molecule has 0 bridgehead atoms. The first-order valence-electron chi connectivity index (χ1n) is 16.2. The standard InChI is InChI=1S/C45H28N2/c1-2-11-32(12-3-1)44-46-28-39-38-25-24-35(31-20-18-30(19-21-31)34-23-22-29-10-4-5-13-33(29)26-34)27-42(38)45(43(39)47-44)40-16-8-6-14-36(40)37-15-7-9-17-41(37)45/h1-28H. The largest absolute Gasteiger partial charge is 0.236 e. The van der Waals surface area contributed by atoms with Gasteiger partial charge in [0.1, 0.15) is 0 Å². The predicted molar refractivity (Wildman–Crippen MR) is 192 cm³/mol. The molecule has 0 unspecified atom stereocenters. The van der Waals surface area contributed by atoms with E-state index in [9.17, 15) is 0 Å². The van der Waals surface area contributed by atoms with Crippen LogP contribution >= 0.6 is 0 Å². The number of hydrogen-bond acceptors (Lipinski definition) is 2. The first-order valence-corrected chi connectivity index (χ1v) is 16.2. The fraction of sp³-hybridized carbons (Fsp3) is 0.0222. The number of aromatic nitrogens is 2. The number of hydrogen-bond donors (Lipinski definition) is 0. The zero-order valence-electron chi connectivity index (χ0n) is 25.6. The van der Waals surface area contributed by atoms with Crippen LogP contribution in [0.1, 0.15) is 22.4 Å². The molecule has 0 fully saturated rings. The van der Waals surface area contributed by atoms with Gasteiger partial charge in [0.2, 0.25) is 0 Å². The van der Waals surface area contributed by atoms with Crippen molar-refractivity contribution in [2.45, 2.75) is 5.41 Å². The number of rotatable bonds is 3. The maximum atomic E-state index is 5.43. The van der Waals surface area contributed by atoms with Crippen LogP contribution in [0.2, 0.25) is 0 Å². The number of nitrogens with zero attached hydrogens (tertiary/aromatic N) is 2. The Hall–Kier alpha value is -6.12. The van der Waals surface area contributed by atoms with Gasteiger partial charge in [0, 0.05) is 17.3 Å². The minimum Gasteiger partial charge on any atom is -0.236 e. The smallest absolute Gasteiger partial charge is 0.159 e. The zero-order valence-corrected chi connectivity index (χ0v) is 25.6. The van der Waals surface area contributed by atoms with E-state index in [-0.39, 0.29) is 0 Å². The maximum absolute atomic E-state index is 5.43. The summed E-state index contributed by atoms with van der Waals surface area (Å²) in [5.74, 6) is 0.753. The van der Waals surface area contributed by atoms with E-state index in [1.54, 1.807) is 0 Å². The monoisotopic (exact) mass is 596 g/mol. The van der Waals surface area contributed by atoms with Gasteiger partial charge in [-0.05, 0) is 78.5 Å². The fourth-order valence-corrected chi connectivity index (χ4v) is 7.99. The van der Waals surface area contributed by atoms with E-state index in [0.29, 0.717) is 0 Å². The van der Waals surface area contributed by atoms with Crippen molar-refractivity contribution in [3.8, 4) is 55.9 Å². The molecule has 0 N–H and O–H groups in total. The van der Waals surface area contributed by atoms with Crippen LogP contribution in [0.25, 0.3) is 66.7 Å². The van der Waals surface area contributed by atoms with Crippen molar-refractivity contribution in [3.05, 3.63) is 192 Å². The molecule has 0 saturated carbocycles. The molecule has 2 aliphatic carbocycles. The third-order valence-electron chi connectivity index (χ3n) is 10.1. The van der Waals surface area contributed by atoms with Gasteiger partial charge in [0.15, 0.2) is 5.82 Å². The molecule has 47 heavy (non-hydrogen) atoms. The van der Waals surface area contributed by atoms with E-state index in [1.807, 2.05) is 24.4 Å². The van der Waals surface area contributed by atoms with E-state index in [0.717, 1.165) is 22.6 Å². The van der Waals surface area contributed by atoms with E-state index in [2.05, 4.69) is 146 Å². The Kier molecular flexibility index (Phi) is 5.53. The van der Waals surface area contributed by atoms with Crippen molar-refractivity contribution in [1.29, 1.82) is 0 Å². The summed E-state index contributed by atoms with van der Waals surface area (Å²) in [6, 6.07) is 59.2. The summed E-state index contributed by atoms with van der Waals surface area (Å²) in [6.45, 7) is 0. The second kappa shape index (κ2) is 9.94. The van der Waals surface area contributed by atoms with E-state index >= 15 is 0 Å². The Morgan fingerprint density at radius 1 is 0.362 bits per heavy atom. The summed E-state index contributed by atoms with van der Waals surface area (Å²) in [4.78, 5) is 10.3. The summed E-state index contributed by atoms with van der Waals surface area (Å²) >= 11 is 0. The third-order valence-corrected chi connectivity index (χ3v) is 10.1. The van der Waals surface area contributed by atoms with Crippen LogP contribution in [0.4, 0.5) is 0 Å². The average molecular weight is 597 g/mol. The SMILES string of the molecule is c1ccc(-c2ncc3c(n2)C2(c4ccccc4-c4ccccc42)c2cc(-c4ccc(-c5ccc6ccccc6c5)cc4)ccc2-3)cc1. The van der Waals surface area contributed by atoms with Crippen LogP contribution in [0, 0.1) is 0 Å². The van der Waals surface area contributed by atoms with Crippen molar-refractivity contribution in [2.75, 3.05) is 0 Å². The van der Waals surface area contributed by atoms with Crippen LogP contribution in [0.15, 0.2) is 170 Å². The Labute approximate surface area is 273 Å². The van der Waals surface area contributed by atoms with Gasteiger partial charge in [0.25, 0.3) is 0 Å². The van der Waals surface area contributed by atoms with Crippen molar-refractivity contribution in [2.24, 2.45) is 0 Å². The lowest BCUT2D eigenvalue weighted by atomic mass is 9.72. The molecule has 2 heteroatoms. The highest BCUT2D eigenvalue weighted by molar-refractivity contribution is 5.95. The predicted octanol–water partition coefficient (Wildman–Crippen LogP) is 11.0. The Morgan fingerprint density at radius 2 is 0.915 bits per heavy atom. The van der Waals surface area contributed by atoms with Crippen LogP contribution in [0.3, 0.4) is 0 Å². The Bertz CT molecular complexity index is 2470. The second-order valence-corrected chi connectivity index (χ2v) is 12.6. The third kappa shape index (κ3) is 3.73. The maximum Gasteiger partial charge on any atom is 0.159 e. The molecule has 7 aromatic carbocycles. The normalized spacial score (nSPS) is 13.3. The molecule has 0 saturated heterocycles. The molecule has 0 amide bonds. The van der Waals surface area contributed by atoms with Crippen molar-refractivity contribution in [1.82, 2.24) is 9.97 Å². The Morgan fingerprint density at radius 3 is 1.64 bits per heavy atom. The van der Waals surface area contributed by atoms with Crippen LogP contribution in [-0.2, 0) is 5.41 Å². The lowest BCUT2D eigenvalue weighted by molar-refractivity contribution is 0.758. The first kappa shape index (κ1) is 26.1. The van der Waals surface area contributed by atoms with Crippen molar-refractivity contribution >= 4 is 10.8 Å². The minimum atomic E-state index is -0.536. The molecule has 8 aromatic rings. The molecular formula is C45H28N2. The summed E-state index contributed by atoms with van der Waals surface area (Å²) in [5, 5.41) is 2.52. The van der Waals surface area contributed by atoms with Crippen molar-refractivity contribution < 1.29 is 0 Å². The first-order chi connectivity index (χ1) is 23.3. The van der Waals surface area contributed by atoms with E-state index in [1.165, 1.54) is 66.4 Å². The molecule has 1 spiro atoms. The highest BCUT2D eigenvalue weighted by atomic mass is 14.9. The zero-order chi connectivity index (χ0) is 31.0. The molecule has 1 heterocycles. The molecule has 2 aliphatic rings. The molecule has 2 nitrogen and oxygen atoms in total. The summed E-state index contributed by atoms with van der Waals surface area (Å²) in [7, 11) is 0.